The van der Waals surface area contributed by atoms with Gasteiger partial charge in [-0.15, -0.1) is 0 Å². The lowest BCUT2D eigenvalue weighted by atomic mass is 10.1. The number of halogens is 4. The predicted octanol–water partition coefficient (Wildman–Crippen LogP) is 2.65. The molecule has 10 nitrogen and oxygen atoms in total. The molecule has 5 rings (SSSR count). The van der Waals surface area contributed by atoms with Crippen molar-refractivity contribution in [2.75, 3.05) is 10.6 Å². The molecule has 0 bridgehead atoms. The summed E-state index contributed by atoms with van der Waals surface area (Å²) in [6.07, 6.45) is -0.107. The smallest absolute Gasteiger partial charge is 0.351 e. The van der Waals surface area contributed by atoms with Gasteiger partial charge in [-0.05, 0) is 36.6 Å². The molecule has 3 aromatic rings. The van der Waals surface area contributed by atoms with E-state index in [-0.39, 0.29) is 35.4 Å². The maximum atomic E-state index is 13.6. The first-order valence-corrected chi connectivity index (χ1v) is 10.1. The Morgan fingerprint density at radius 1 is 1.18 bits per heavy atom. The number of fused-ring (bicyclic) bond motifs is 1. The minimum absolute atomic E-state index is 0.00992. The van der Waals surface area contributed by atoms with Crippen LogP contribution >= 0.6 is 0 Å². The quantitative estimate of drug-likeness (QED) is 0.245. The van der Waals surface area contributed by atoms with E-state index in [2.05, 4.69) is 36.3 Å². The van der Waals surface area contributed by atoms with Gasteiger partial charge in [0.05, 0.1) is 11.8 Å². The molecule has 0 unspecified atom stereocenters. The predicted molar refractivity (Wildman–Crippen MR) is 111 cm³/mol. The van der Waals surface area contributed by atoms with Crippen LogP contribution in [0, 0.1) is 5.82 Å². The third kappa shape index (κ3) is 4.33. The Morgan fingerprint density at radius 3 is 2.65 bits per heavy atom. The molecule has 176 valence electrons. The molecule has 2 fully saturated rings. The Bertz CT molecular complexity index is 1350. The van der Waals surface area contributed by atoms with E-state index in [0.29, 0.717) is 11.5 Å². The highest BCUT2D eigenvalue weighted by atomic mass is 19.4. The molecule has 1 aliphatic heterocycles. The van der Waals surface area contributed by atoms with Crippen molar-refractivity contribution in [3.05, 3.63) is 52.6 Å². The number of nitrogens with zero attached hydrogens (tertiary/aromatic N) is 4. The molecule has 34 heavy (non-hydrogen) atoms. The highest BCUT2D eigenvalue weighted by Crippen LogP contribution is 2.32. The summed E-state index contributed by atoms with van der Waals surface area (Å²) in [4.78, 5) is 32.0. The maximum absolute atomic E-state index is 13.6. The number of amides is 3. The lowest BCUT2D eigenvalue weighted by Crippen LogP contribution is -2.22. The summed E-state index contributed by atoms with van der Waals surface area (Å²) in [6, 6.07) is 2.25. The zero-order valence-electron chi connectivity index (χ0n) is 17.2. The average Bonchev–Trinajstić information content (AvgIpc) is 3.40. The van der Waals surface area contributed by atoms with Gasteiger partial charge in [0.25, 0.3) is 5.91 Å². The van der Waals surface area contributed by atoms with E-state index in [1.165, 1.54) is 22.9 Å². The standard InChI is InChI=1S/C20H16F4N8O2/c21-13-4-1-9(5-12(13)20(22,23)24)7-25-17-29-15-10(6-14-16(33)30-19(34)28-14)8-26-32(15)18(31-17)27-11-2-3-11/h1,4-6,8,11H,2-3,7H2,(H2,25,27,29,31)(H2,28,30,33,34)/b14-6-. The second-order valence-corrected chi connectivity index (χ2v) is 7.76. The van der Waals surface area contributed by atoms with E-state index in [1.54, 1.807) is 0 Å². The Morgan fingerprint density at radius 2 is 1.97 bits per heavy atom. The average molecular weight is 476 g/mol. The topological polar surface area (TPSA) is 125 Å². The van der Waals surface area contributed by atoms with Gasteiger partial charge in [0.1, 0.15) is 11.5 Å². The van der Waals surface area contributed by atoms with Crippen LogP contribution in [-0.4, -0.2) is 37.6 Å². The van der Waals surface area contributed by atoms with Crippen LogP contribution < -0.4 is 21.3 Å². The number of imide groups is 1. The molecule has 1 saturated carbocycles. The molecule has 3 amide bonds. The minimum atomic E-state index is -4.82. The van der Waals surface area contributed by atoms with Crippen molar-refractivity contribution in [2.24, 2.45) is 0 Å². The zero-order valence-corrected chi connectivity index (χ0v) is 17.2. The van der Waals surface area contributed by atoms with E-state index in [4.69, 9.17) is 0 Å². The number of hydrogen-bond donors (Lipinski definition) is 4. The summed E-state index contributed by atoms with van der Waals surface area (Å²) in [6.45, 7) is -0.106. The summed E-state index contributed by atoms with van der Waals surface area (Å²) in [5.41, 5.74) is -0.485. The first kappa shape index (κ1) is 21.6. The molecule has 0 atom stereocenters. The van der Waals surface area contributed by atoms with Crippen molar-refractivity contribution >= 4 is 35.6 Å². The molecule has 0 radical (unpaired) electrons. The van der Waals surface area contributed by atoms with Gasteiger partial charge in [-0.25, -0.2) is 9.18 Å². The van der Waals surface area contributed by atoms with Crippen molar-refractivity contribution < 1.29 is 27.2 Å². The Kier molecular flexibility index (Phi) is 5.06. The Balaban J connectivity index is 1.47. The molecule has 0 spiro atoms. The van der Waals surface area contributed by atoms with Crippen LogP contribution in [0.1, 0.15) is 29.5 Å². The molecule has 14 heteroatoms. The zero-order chi connectivity index (χ0) is 24.0. The van der Waals surface area contributed by atoms with Crippen LogP contribution in [0.15, 0.2) is 30.1 Å². The Labute approximate surface area is 188 Å². The van der Waals surface area contributed by atoms with Crippen molar-refractivity contribution in [3.8, 4) is 0 Å². The number of benzene rings is 1. The number of carbonyl (C=O) groups is 2. The molecular formula is C20H16F4N8O2. The summed E-state index contributed by atoms with van der Waals surface area (Å²) < 4.78 is 54.0. The minimum Gasteiger partial charge on any atom is -0.351 e. The van der Waals surface area contributed by atoms with Gasteiger partial charge in [-0.1, -0.05) is 6.07 Å². The Hall–Kier alpha value is -4.23. The summed E-state index contributed by atoms with van der Waals surface area (Å²) in [5.74, 6) is -1.54. The normalized spacial score (nSPS) is 17.2. The molecular weight excluding hydrogens is 460 g/mol. The van der Waals surface area contributed by atoms with E-state index >= 15 is 0 Å². The van der Waals surface area contributed by atoms with Crippen molar-refractivity contribution in [1.82, 2.24) is 30.2 Å². The molecule has 4 N–H and O–H groups in total. The monoisotopic (exact) mass is 476 g/mol. The molecule has 3 heterocycles. The van der Waals surface area contributed by atoms with Gasteiger partial charge in [0.15, 0.2) is 5.65 Å². The first-order chi connectivity index (χ1) is 16.2. The van der Waals surface area contributed by atoms with Crippen LogP contribution in [0.2, 0.25) is 0 Å². The number of hydrogen-bond acceptors (Lipinski definition) is 7. The summed E-state index contributed by atoms with van der Waals surface area (Å²) in [7, 11) is 0. The number of aromatic nitrogens is 4. The third-order valence-corrected chi connectivity index (χ3v) is 5.11. The molecule has 2 aromatic heterocycles. The summed E-state index contributed by atoms with van der Waals surface area (Å²) in [5, 5.41) is 14.8. The highest BCUT2D eigenvalue weighted by molar-refractivity contribution is 6.14. The fourth-order valence-corrected chi connectivity index (χ4v) is 3.30. The largest absolute Gasteiger partial charge is 0.419 e. The van der Waals surface area contributed by atoms with Gasteiger partial charge < -0.3 is 16.0 Å². The molecule has 1 saturated heterocycles. The van der Waals surface area contributed by atoms with Crippen molar-refractivity contribution in [3.63, 3.8) is 0 Å². The van der Waals surface area contributed by atoms with Crippen LogP contribution in [-0.2, 0) is 17.5 Å². The third-order valence-electron chi connectivity index (χ3n) is 5.11. The van der Waals surface area contributed by atoms with Gasteiger partial charge in [-0.2, -0.15) is 32.8 Å². The van der Waals surface area contributed by atoms with E-state index in [1.807, 2.05) is 0 Å². The maximum Gasteiger partial charge on any atom is 0.419 e. The van der Waals surface area contributed by atoms with Crippen molar-refractivity contribution in [2.45, 2.75) is 31.6 Å². The number of carbonyl (C=O) groups excluding carboxylic acids is 2. The van der Waals surface area contributed by atoms with Crippen molar-refractivity contribution in [1.29, 1.82) is 0 Å². The van der Waals surface area contributed by atoms with Gasteiger partial charge >= 0.3 is 12.2 Å². The van der Waals surface area contributed by atoms with Crippen LogP contribution in [0.5, 0.6) is 0 Å². The molecule has 2 aliphatic rings. The fraction of sp³-hybridized carbons (Fsp3) is 0.250. The first-order valence-electron chi connectivity index (χ1n) is 10.1. The number of anilines is 2. The van der Waals surface area contributed by atoms with Gasteiger partial charge in [0, 0.05) is 18.2 Å². The number of rotatable bonds is 6. The number of alkyl halides is 3. The number of urea groups is 1. The van der Waals surface area contributed by atoms with E-state index < -0.39 is 29.5 Å². The lowest BCUT2D eigenvalue weighted by molar-refractivity contribution is -0.140. The van der Waals surface area contributed by atoms with Crippen LogP contribution in [0.3, 0.4) is 0 Å². The highest BCUT2D eigenvalue weighted by Gasteiger charge is 2.34. The SMILES string of the molecule is O=C1NC(=O)/C(=C/c2cnn3c(NC4CC4)nc(NCc4ccc(F)c(C(F)(F)F)c4)nc23)N1. The van der Waals surface area contributed by atoms with E-state index in [9.17, 15) is 27.2 Å². The lowest BCUT2D eigenvalue weighted by Gasteiger charge is -2.12. The number of nitrogens with one attached hydrogen (secondary N) is 4. The molecule has 1 aliphatic carbocycles. The van der Waals surface area contributed by atoms with E-state index in [0.717, 1.165) is 25.0 Å². The fourth-order valence-electron chi connectivity index (χ4n) is 3.30. The van der Waals surface area contributed by atoms with Crippen LogP contribution in [0.25, 0.3) is 11.7 Å². The summed E-state index contributed by atoms with van der Waals surface area (Å²) >= 11 is 0. The second kappa shape index (κ2) is 7.97. The van der Waals surface area contributed by atoms with Crippen LogP contribution in [0.4, 0.5) is 34.3 Å². The van der Waals surface area contributed by atoms with Gasteiger partial charge in [-0.3, -0.25) is 10.1 Å². The second-order valence-electron chi connectivity index (χ2n) is 7.76. The van der Waals surface area contributed by atoms with Gasteiger partial charge in [0.2, 0.25) is 11.9 Å². The molecule has 1 aromatic carbocycles.